The second-order valence-corrected chi connectivity index (χ2v) is 3.02. The van der Waals surface area contributed by atoms with Gasteiger partial charge >= 0.3 is 12.3 Å². The van der Waals surface area contributed by atoms with Crippen molar-refractivity contribution in [3.8, 4) is 0 Å². The number of rotatable bonds is 3. The molecule has 0 atom stereocenters. The van der Waals surface area contributed by atoms with Crippen molar-refractivity contribution in [2.24, 2.45) is 5.73 Å². The van der Waals surface area contributed by atoms with E-state index in [-0.39, 0.29) is 19.1 Å². The van der Waals surface area contributed by atoms with Crippen LogP contribution < -0.4 is 5.73 Å². The summed E-state index contributed by atoms with van der Waals surface area (Å²) in [5.41, 5.74) is 5.29. The molecule has 6 heteroatoms. The summed E-state index contributed by atoms with van der Waals surface area (Å²) in [4.78, 5) is 1.22. The minimum absolute atomic E-state index is 0.140. The van der Waals surface area contributed by atoms with Crippen LogP contribution in [0, 0.1) is 0 Å². The lowest BCUT2D eigenvalue weighted by Gasteiger charge is -2.38. The maximum absolute atomic E-state index is 12.3. The van der Waals surface area contributed by atoms with Gasteiger partial charge in [0.15, 0.2) is 0 Å². The first-order valence-electron chi connectivity index (χ1n) is 3.56. The summed E-state index contributed by atoms with van der Waals surface area (Å²) in [5.74, 6) is -3.90. The van der Waals surface area contributed by atoms with Gasteiger partial charge in [0, 0.05) is 19.1 Å². The van der Waals surface area contributed by atoms with E-state index in [2.05, 4.69) is 0 Å². The Labute approximate surface area is 67.3 Å². The van der Waals surface area contributed by atoms with Crippen LogP contribution in [0.2, 0.25) is 0 Å². The molecule has 72 valence electrons. The number of nitrogens with two attached hydrogens (primary N) is 1. The standard InChI is InChI=1S/C6H10F4N2/c7-5(8)6(9,10)3-12-1-4(11)2-12/h4-5H,1-3,11H2. The van der Waals surface area contributed by atoms with Crippen LogP contribution in [0.1, 0.15) is 0 Å². The zero-order valence-electron chi connectivity index (χ0n) is 6.31. The molecule has 0 radical (unpaired) electrons. The molecule has 0 aromatic heterocycles. The Morgan fingerprint density at radius 2 is 1.92 bits per heavy atom. The van der Waals surface area contributed by atoms with Gasteiger partial charge in [-0.05, 0) is 0 Å². The van der Waals surface area contributed by atoms with Crippen molar-refractivity contribution in [1.29, 1.82) is 0 Å². The average Bonchev–Trinajstić information content (AvgIpc) is 1.83. The smallest absolute Gasteiger partial charge is 0.319 e. The highest BCUT2D eigenvalue weighted by Crippen LogP contribution is 2.25. The molecule has 1 fully saturated rings. The molecule has 2 nitrogen and oxygen atoms in total. The fraction of sp³-hybridized carbons (Fsp3) is 1.00. The van der Waals surface area contributed by atoms with Crippen LogP contribution in [0.15, 0.2) is 0 Å². The highest BCUT2D eigenvalue weighted by molar-refractivity contribution is 4.86. The normalized spacial score (nSPS) is 21.5. The number of halogens is 4. The van der Waals surface area contributed by atoms with E-state index in [1.54, 1.807) is 0 Å². The Morgan fingerprint density at radius 1 is 1.42 bits per heavy atom. The van der Waals surface area contributed by atoms with E-state index in [1.165, 1.54) is 4.90 Å². The molecule has 1 aliphatic heterocycles. The Hall–Kier alpha value is -0.360. The average molecular weight is 186 g/mol. The quantitative estimate of drug-likeness (QED) is 0.651. The summed E-state index contributed by atoms with van der Waals surface area (Å²) in [6, 6.07) is -0.140. The Kier molecular flexibility index (Phi) is 2.58. The molecule has 12 heavy (non-hydrogen) atoms. The Morgan fingerprint density at radius 3 is 2.25 bits per heavy atom. The second kappa shape index (κ2) is 3.18. The summed E-state index contributed by atoms with van der Waals surface area (Å²) in [5, 5.41) is 0. The summed E-state index contributed by atoms with van der Waals surface area (Å²) < 4.78 is 47.9. The van der Waals surface area contributed by atoms with Gasteiger partial charge in [-0.25, -0.2) is 8.78 Å². The van der Waals surface area contributed by atoms with Gasteiger partial charge in [-0.2, -0.15) is 8.78 Å². The first-order chi connectivity index (χ1) is 5.42. The third kappa shape index (κ3) is 2.07. The summed E-state index contributed by atoms with van der Waals surface area (Å²) in [6.45, 7) is -0.330. The van der Waals surface area contributed by atoms with E-state index in [0.29, 0.717) is 0 Å². The van der Waals surface area contributed by atoms with E-state index in [1.807, 2.05) is 0 Å². The number of alkyl halides is 4. The molecule has 1 heterocycles. The molecule has 0 unspecified atom stereocenters. The summed E-state index contributed by atoms with van der Waals surface area (Å²) in [7, 11) is 0. The van der Waals surface area contributed by atoms with Crippen LogP contribution in [0.25, 0.3) is 0 Å². The van der Waals surface area contributed by atoms with Crippen molar-refractivity contribution in [2.45, 2.75) is 18.4 Å². The first-order valence-corrected chi connectivity index (χ1v) is 3.56. The highest BCUT2D eigenvalue weighted by atomic mass is 19.3. The maximum atomic E-state index is 12.3. The molecule has 0 amide bonds. The van der Waals surface area contributed by atoms with E-state index in [9.17, 15) is 17.6 Å². The maximum Gasteiger partial charge on any atom is 0.319 e. The zero-order chi connectivity index (χ0) is 9.35. The van der Waals surface area contributed by atoms with Gasteiger partial charge in [-0.3, -0.25) is 4.90 Å². The lowest BCUT2D eigenvalue weighted by Crippen LogP contribution is -2.59. The third-order valence-electron chi connectivity index (χ3n) is 1.74. The molecule has 0 aromatic rings. The molecule has 1 aliphatic rings. The van der Waals surface area contributed by atoms with Crippen LogP contribution in [0.5, 0.6) is 0 Å². The molecular weight excluding hydrogens is 176 g/mol. The first kappa shape index (κ1) is 9.73. The molecule has 0 bridgehead atoms. The number of nitrogens with zero attached hydrogens (tertiary/aromatic N) is 1. The van der Waals surface area contributed by atoms with Gasteiger partial charge < -0.3 is 5.73 Å². The number of hydrogen-bond donors (Lipinski definition) is 1. The minimum atomic E-state index is -3.90. The van der Waals surface area contributed by atoms with Gasteiger partial charge in [-0.1, -0.05) is 0 Å². The largest absolute Gasteiger partial charge is 0.325 e. The van der Waals surface area contributed by atoms with Crippen LogP contribution in [-0.4, -0.2) is 42.9 Å². The number of hydrogen-bond acceptors (Lipinski definition) is 2. The van der Waals surface area contributed by atoms with Gasteiger partial charge in [0.05, 0.1) is 6.54 Å². The van der Waals surface area contributed by atoms with Crippen molar-refractivity contribution in [3.05, 3.63) is 0 Å². The Bertz CT molecular complexity index is 156. The van der Waals surface area contributed by atoms with Crippen LogP contribution in [-0.2, 0) is 0 Å². The van der Waals surface area contributed by atoms with E-state index in [0.717, 1.165) is 0 Å². The summed E-state index contributed by atoms with van der Waals surface area (Å²) in [6.07, 6.45) is -3.59. The fourth-order valence-electron chi connectivity index (χ4n) is 1.11. The third-order valence-corrected chi connectivity index (χ3v) is 1.74. The van der Waals surface area contributed by atoms with Gasteiger partial charge in [0.1, 0.15) is 0 Å². The van der Waals surface area contributed by atoms with Crippen molar-refractivity contribution in [2.75, 3.05) is 19.6 Å². The van der Waals surface area contributed by atoms with Crippen LogP contribution >= 0.6 is 0 Å². The minimum Gasteiger partial charge on any atom is -0.325 e. The second-order valence-electron chi connectivity index (χ2n) is 3.02. The topological polar surface area (TPSA) is 29.3 Å². The van der Waals surface area contributed by atoms with Crippen molar-refractivity contribution in [3.63, 3.8) is 0 Å². The molecule has 2 N–H and O–H groups in total. The highest BCUT2D eigenvalue weighted by Gasteiger charge is 2.44. The van der Waals surface area contributed by atoms with Crippen molar-refractivity contribution < 1.29 is 17.6 Å². The van der Waals surface area contributed by atoms with E-state index >= 15 is 0 Å². The predicted octanol–water partition coefficient (Wildman–Crippen LogP) is 0.530. The lowest BCUT2D eigenvalue weighted by molar-refractivity contribution is -0.149. The molecule has 0 aromatic carbocycles. The predicted molar refractivity (Wildman–Crippen MR) is 35.4 cm³/mol. The molecule has 1 rings (SSSR count). The molecule has 0 aliphatic carbocycles. The van der Waals surface area contributed by atoms with Crippen LogP contribution in [0.4, 0.5) is 17.6 Å². The van der Waals surface area contributed by atoms with Crippen LogP contribution in [0.3, 0.4) is 0 Å². The molecule has 0 saturated carbocycles. The Balaban J connectivity index is 2.30. The summed E-state index contributed by atoms with van der Waals surface area (Å²) >= 11 is 0. The zero-order valence-corrected chi connectivity index (χ0v) is 6.31. The van der Waals surface area contributed by atoms with Crippen molar-refractivity contribution in [1.82, 2.24) is 4.90 Å². The molecular formula is C6H10F4N2. The van der Waals surface area contributed by atoms with Crippen molar-refractivity contribution >= 4 is 0 Å². The lowest BCUT2D eigenvalue weighted by atomic mass is 10.1. The van der Waals surface area contributed by atoms with Gasteiger partial charge in [-0.15, -0.1) is 0 Å². The fourth-order valence-corrected chi connectivity index (χ4v) is 1.11. The molecule has 0 spiro atoms. The number of likely N-dealkylation sites (tertiary alicyclic amines) is 1. The monoisotopic (exact) mass is 186 g/mol. The molecule has 1 saturated heterocycles. The SMILES string of the molecule is NC1CN(CC(F)(F)C(F)F)C1. The van der Waals surface area contributed by atoms with E-state index < -0.39 is 18.9 Å². The van der Waals surface area contributed by atoms with Gasteiger partial charge in [0.25, 0.3) is 0 Å². The van der Waals surface area contributed by atoms with Gasteiger partial charge in [0.2, 0.25) is 0 Å². The van der Waals surface area contributed by atoms with E-state index in [4.69, 9.17) is 5.73 Å².